The number of carbonyl (C=O) groups is 2. The van der Waals surface area contributed by atoms with Crippen molar-refractivity contribution >= 4 is 23.4 Å². The quantitative estimate of drug-likeness (QED) is 0.356. The molecule has 1 aliphatic rings. The van der Waals surface area contributed by atoms with E-state index in [0.29, 0.717) is 17.2 Å². The Kier molecular flexibility index (Phi) is 9.24. The highest BCUT2D eigenvalue weighted by molar-refractivity contribution is 6.31. The summed E-state index contributed by atoms with van der Waals surface area (Å²) in [4.78, 5) is 29.1. The van der Waals surface area contributed by atoms with Crippen LogP contribution < -0.4 is 10.1 Å². The predicted molar refractivity (Wildman–Crippen MR) is 148 cm³/mol. The van der Waals surface area contributed by atoms with Crippen LogP contribution >= 0.6 is 11.6 Å². The van der Waals surface area contributed by atoms with Crippen molar-refractivity contribution in [2.45, 2.75) is 64.6 Å². The van der Waals surface area contributed by atoms with Gasteiger partial charge >= 0.3 is 0 Å². The van der Waals surface area contributed by atoms with Gasteiger partial charge in [-0.15, -0.1) is 0 Å². The fourth-order valence-electron chi connectivity index (χ4n) is 4.83. The lowest BCUT2D eigenvalue weighted by Crippen LogP contribution is -2.53. The van der Waals surface area contributed by atoms with Crippen LogP contribution in [-0.2, 0) is 22.6 Å². The molecule has 4 rings (SSSR count). The summed E-state index contributed by atoms with van der Waals surface area (Å²) in [7, 11) is 0. The zero-order valence-corrected chi connectivity index (χ0v) is 22.3. The fourth-order valence-corrected chi connectivity index (χ4v) is 5.03. The summed E-state index contributed by atoms with van der Waals surface area (Å²) in [5.41, 5.74) is 3.86. The van der Waals surface area contributed by atoms with E-state index < -0.39 is 6.04 Å². The van der Waals surface area contributed by atoms with Gasteiger partial charge in [-0.1, -0.05) is 85.1 Å². The molecule has 1 atom stereocenters. The predicted octanol–water partition coefficient (Wildman–Crippen LogP) is 6.03. The molecular weight excluding hydrogens is 484 g/mol. The molecule has 1 aliphatic carbocycles. The Morgan fingerprint density at radius 2 is 1.68 bits per heavy atom. The van der Waals surface area contributed by atoms with Gasteiger partial charge in [0.1, 0.15) is 11.8 Å². The van der Waals surface area contributed by atoms with Crippen LogP contribution in [0.1, 0.15) is 47.9 Å². The highest BCUT2D eigenvalue weighted by Gasteiger charge is 2.32. The molecule has 5 nitrogen and oxygen atoms in total. The number of amides is 2. The lowest BCUT2D eigenvalue weighted by Gasteiger charge is -2.32. The van der Waals surface area contributed by atoms with Crippen LogP contribution in [0.15, 0.2) is 72.8 Å². The number of benzene rings is 3. The standard InChI is InChI=1S/C31H35ClN2O3/c1-22-11-10-18-29(23(22)2)37-21-30(35)34(20-25-14-6-9-17-27(25)32)28(19-24-12-4-3-5-13-24)31(36)33-26-15-7-8-16-26/h3-6,9-14,17-18,26,28H,7-8,15-16,19-21H2,1-2H3,(H,33,36)/t28-/m1/s1. The molecule has 0 saturated heterocycles. The lowest BCUT2D eigenvalue weighted by molar-refractivity contribution is -0.143. The molecular formula is C31H35ClN2O3. The van der Waals surface area contributed by atoms with E-state index in [0.717, 1.165) is 47.9 Å². The Balaban J connectivity index is 1.63. The number of nitrogens with zero attached hydrogens (tertiary/aromatic N) is 1. The molecule has 3 aromatic carbocycles. The highest BCUT2D eigenvalue weighted by atomic mass is 35.5. The minimum absolute atomic E-state index is 0.136. The van der Waals surface area contributed by atoms with Crippen molar-refractivity contribution in [2.75, 3.05) is 6.61 Å². The van der Waals surface area contributed by atoms with Gasteiger partial charge in [0.25, 0.3) is 5.91 Å². The zero-order chi connectivity index (χ0) is 26.2. The van der Waals surface area contributed by atoms with Crippen molar-refractivity contribution in [3.8, 4) is 5.75 Å². The van der Waals surface area contributed by atoms with Gasteiger partial charge in [-0.3, -0.25) is 9.59 Å². The van der Waals surface area contributed by atoms with Crippen LogP contribution in [0, 0.1) is 13.8 Å². The first-order chi connectivity index (χ1) is 17.9. The van der Waals surface area contributed by atoms with Crippen molar-refractivity contribution in [2.24, 2.45) is 0 Å². The van der Waals surface area contributed by atoms with Gasteiger partial charge in [-0.2, -0.15) is 0 Å². The molecule has 1 N–H and O–H groups in total. The van der Waals surface area contributed by atoms with Gasteiger partial charge in [0.2, 0.25) is 5.91 Å². The molecule has 0 radical (unpaired) electrons. The molecule has 6 heteroatoms. The highest BCUT2D eigenvalue weighted by Crippen LogP contribution is 2.24. The van der Waals surface area contributed by atoms with Crippen LogP contribution in [0.2, 0.25) is 5.02 Å². The second-order valence-electron chi connectivity index (χ2n) is 9.80. The van der Waals surface area contributed by atoms with E-state index in [2.05, 4.69) is 5.32 Å². The number of carbonyl (C=O) groups excluding carboxylic acids is 2. The molecule has 0 unspecified atom stereocenters. The number of nitrogens with one attached hydrogen (secondary N) is 1. The summed E-state index contributed by atoms with van der Waals surface area (Å²) in [6.45, 7) is 4.03. The summed E-state index contributed by atoms with van der Waals surface area (Å²) in [6.07, 6.45) is 4.57. The number of ether oxygens (including phenoxy) is 1. The minimum atomic E-state index is -0.700. The Bertz CT molecular complexity index is 1210. The third-order valence-corrected chi connectivity index (χ3v) is 7.55. The SMILES string of the molecule is Cc1cccc(OCC(=O)N(Cc2ccccc2Cl)[C@H](Cc2ccccc2)C(=O)NC2CCCC2)c1C. The number of hydrogen-bond donors (Lipinski definition) is 1. The summed E-state index contributed by atoms with van der Waals surface area (Å²) in [6, 6.07) is 22.5. The number of rotatable bonds is 10. The number of aryl methyl sites for hydroxylation is 1. The van der Waals surface area contributed by atoms with E-state index in [9.17, 15) is 9.59 Å². The molecule has 0 bridgehead atoms. The Morgan fingerprint density at radius 3 is 2.41 bits per heavy atom. The van der Waals surface area contributed by atoms with Gasteiger partial charge in [-0.05, 0) is 61.1 Å². The van der Waals surface area contributed by atoms with Gasteiger partial charge in [0.15, 0.2) is 6.61 Å². The normalized spacial score (nSPS) is 14.2. The van der Waals surface area contributed by atoms with Crippen LogP contribution in [0.5, 0.6) is 5.75 Å². The molecule has 37 heavy (non-hydrogen) atoms. The van der Waals surface area contributed by atoms with Crippen molar-refractivity contribution in [1.82, 2.24) is 10.2 Å². The van der Waals surface area contributed by atoms with Crippen LogP contribution in [0.3, 0.4) is 0 Å². The van der Waals surface area contributed by atoms with E-state index in [1.807, 2.05) is 80.6 Å². The fraction of sp³-hybridized carbons (Fsp3) is 0.355. The van der Waals surface area contributed by atoms with Crippen molar-refractivity contribution in [3.05, 3.63) is 100 Å². The molecule has 1 saturated carbocycles. The first-order valence-corrected chi connectivity index (χ1v) is 13.4. The molecule has 194 valence electrons. The number of hydrogen-bond acceptors (Lipinski definition) is 3. The van der Waals surface area contributed by atoms with Crippen LogP contribution in [-0.4, -0.2) is 35.4 Å². The average Bonchev–Trinajstić information content (AvgIpc) is 3.41. The molecule has 3 aromatic rings. The molecule has 1 fully saturated rings. The molecule has 2 amide bonds. The second kappa shape index (κ2) is 12.8. The summed E-state index contributed by atoms with van der Waals surface area (Å²) in [5.74, 6) is 0.271. The maximum absolute atomic E-state index is 13.8. The molecule has 0 spiro atoms. The smallest absolute Gasteiger partial charge is 0.261 e. The van der Waals surface area contributed by atoms with Gasteiger partial charge in [0, 0.05) is 24.0 Å². The first kappa shape index (κ1) is 26.7. The lowest BCUT2D eigenvalue weighted by atomic mass is 10.0. The first-order valence-electron chi connectivity index (χ1n) is 13.0. The molecule has 0 aliphatic heterocycles. The van der Waals surface area contributed by atoms with E-state index in [4.69, 9.17) is 16.3 Å². The minimum Gasteiger partial charge on any atom is -0.483 e. The summed E-state index contributed by atoms with van der Waals surface area (Å²) >= 11 is 6.50. The van der Waals surface area contributed by atoms with Gasteiger partial charge in [0.05, 0.1) is 0 Å². The maximum Gasteiger partial charge on any atom is 0.261 e. The Labute approximate surface area is 224 Å². The van der Waals surface area contributed by atoms with Gasteiger partial charge in [-0.25, -0.2) is 0 Å². The second-order valence-corrected chi connectivity index (χ2v) is 10.2. The van der Waals surface area contributed by atoms with Crippen molar-refractivity contribution < 1.29 is 14.3 Å². The Hall–Kier alpha value is -3.31. The third kappa shape index (κ3) is 7.14. The van der Waals surface area contributed by atoms with Crippen molar-refractivity contribution in [1.29, 1.82) is 0 Å². The van der Waals surface area contributed by atoms with E-state index in [1.54, 1.807) is 11.0 Å². The summed E-state index contributed by atoms with van der Waals surface area (Å²) < 4.78 is 5.99. The van der Waals surface area contributed by atoms with Crippen molar-refractivity contribution in [3.63, 3.8) is 0 Å². The largest absolute Gasteiger partial charge is 0.483 e. The monoisotopic (exact) mass is 518 g/mol. The van der Waals surface area contributed by atoms with Crippen LogP contribution in [0.4, 0.5) is 0 Å². The van der Waals surface area contributed by atoms with Crippen LogP contribution in [0.25, 0.3) is 0 Å². The van der Waals surface area contributed by atoms with E-state index >= 15 is 0 Å². The summed E-state index contributed by atoms with van der Waals surface area (Å²) in [5, 5.41) is 3.78. The van der Waals surface area contributed by atoms with E-state index in [1.165, 1.54) is 0 Å². The molecule has 0 aromatic heterocycles. The maximum atomic E-state index is 13.8. The average molecular weight is 519 g/mol. The van der Waals surface area contributed by atoms with E-state index in [-0.39, 0.29) is 31.0 Å². The zero-order valence-electron chi connectivity index (χ0n) is 21.6. The Morgan fingerprint density at radius 1 is 0.973 bits per heavy atom. The topological polar surface area (TPSA) is 58.6 Å². The third-order valence-electron chi connectivity index (χ3n) is 7.18. The molecule has 0 heterocycles. The number of halogens is 1. The van der Waals surface area contributed by atoms with Gasteiger partial charge < -0.3 is 15.0 Å².